The van der Waals surface area contributed by atoms with E-state index in [4.69, 9.17) is 5.11 Å². The molecule has 7 heteroatoms. The van der Waals surface area contributed by atoms with Crippen LogP contribution in [0, 0.1) is 0 Å². The number of unbranched alkanes of at least 4 members (excludes halogenated alkanes) is 1. The molecule has 0 aliphatic carbocycles. The average molecular weight is 287 g/mol. The minimum absolute atomic E-state index is 0.00170. The number of hydrogen-bond acceptors (Lipinski definition) is 4. The van der Waals surface area contributed by atoms with Crippen molar-refractivity contribution in [2.24, 2.45) is 0 Å². The van der Waals surface area contributed by atoms with E-state index < -0.39 is 0 Å². The van der Waals surface area contributed by atoms with Crippen molar-refractivity contribution in [3.05, 3.63) is 0 Å². The van der Waals surface area contributed by atoms with Crippen LogP contribution in [-0.2, 0) is 4.79 Å². The highest BCUT2D eigenvalue weighted by atomic mass is 32.2. The molecule has 4 N–H and O–H groups in total. The molecule has 0 bridgehead atoms. The van der Waals surface area contributed by atoms with Crippen molar-refractivity contribution in [1.29, 1.82) is 0 Å². The van der Waals surface area contributed by atoms with Gasteiger partial charge in [-0.15, -0.1) is 0 Å². The molecule has 19 heavy (non-hydrogen) atoms. The van der Waals surface area contributed by atoms with Gasteiger partial charge in [0.1, 0.15) is 0 Å². The van der Waals surface area contributed by atoms with Crippen molar-refractivity contribution in [3.8, 4) is 0 Å². The number of fused-ring (bicyclic) bond motifs is 1. The maximum Gasteiger partial charge on any atom is 0.315 e. The predicted molar refractivity (Wildman–Crippen MR) is 74.1 cm³/mol. The predicted octanol–water partition coefficient (Wildman–Crippen LogP) is -0.179. The lowest BCUT2D eigenvalue weighted by molar-refractivity contribution is -0.121. The van der Waals surface area contributed by atoms with Crippen molar-refractivity contribution in [2.45, 2.75) is 43.0 Å². The second-order valence-electron chi connectivity index (χ2n) is 4.94. The fourth-order valence-corrected chi connectivity index (χ4v) is 4.10. The zero-order valence-corrected chi connectivity index (χ0v) is 11.7. The van der Waals surface area contributed by atoms with Gasteiger partial charge in [-0.3, -0.25) is 4.79 Å². The van der Waals surface area contributed by atoms with E-state index in [1.54, 1.807) is 0 Å². The summed E-state index contributed by atoms with van der Waals surface area (Å²) in [5.41, 5.74) is 0. The van der Waals surface area contributed by atoms with E-state index in [1.165, 1.54) is 0 Å². The number of hydrogen-bond donors (Lipinski definition) is 4. The van der Waals surface area contributed by atoms with Gasteiger partial charge in [0.15, 0.2) is 0 Å². The third-order valence-corrected chi connectivity index (χ3v) is 5.02. The van der Waals surface area contributed by atoms with Gasteiger partial charge in [0.25, 0.3) is 0 Å². The first-order valence-corrected chi connectivity index (χ1v) is 7.82. The molecule has 2 aliphatic heterocycles. The third kappa shape index (κ3) is 4.01. The standard InChI is InChI=1S/C12H21N3O3S/c16-6-5-13-10(17)4-2-1-3-9-11-8(7-19-9)14-12(18)15-11/h8-9,11,16H,1-7H2,(H,13,17)(H2,14,15,18)/t8-,9-,11-/m0/s1. The molecule has 2 saturated heterocycles. The Labute approximate surface area is 117 Å². The third-order valence-electron chi connectivity index (χ3n) is 3.51. The molecule has 108 valence electrons. The Morgan fingerprint density at radius 1 is 1.42 bits per heavy atom. The van der Waals surface area contributed by atoms with Crippen LogP contribution in [0.1, 0.15) is 25.7 Å². The van der Waals surface area contributed by atoms with Crippen molar-refractivity contribution >= 4 is 23.7 Å². The maximum atomic E-state index is 11.3. The lowest BCUT2D eigenvalue weighted by Crippen LogP contribution is -2.36. The van der Waals surface area contributed by atoms with Crippen LogP contribution in [0.15, 0.2) is 0 Å². The van der Waals surface area contributed by atoms with Crippen molar-refractivity contribution < 1.29 is 14.7 Å². The average Bonchev–Trinajstić information content (AvgIpc) is 2.92. The minimum atomic E-state index is -0.0521. The molecule has 0 aromatic carbocycles. The Morgan fingerprint density at radius 3 is 3.05 bits per heavy atom. The second-order valence-corrected chi connectivity index (χ2v) is 6.21. The first-order valence-electron chi connectivity index (χ1n) is 6.77. The normalized spacial score (nSPS) is 28.7. The van der Waals surface area contributed by atoms with E-state index in [9.17, 15) is 9.59 Å². The number of urea groups is 1. The molecule has 2 rings (SSSR count). The van der Waals surface area contributed by atoms with Crippen LogP contribution in [-0.4, -0.2) is 53.3 Å². The summed E-state index contributed by atoms with van der Waals surface area (Å²) in [6.45, 7) is 0.318. The molecule has 6 nitrogen and oxygen atoms in total. The summed E-state index contributed by atoms with van der Waals surface area (Å²) in [6.07, 6.45) is 3.38. The highest BCUT2D eigenvalue weighted by Gasteiger charge is 2.42. The number of aliphatic hydroxyl groups is 1. The Morgan fingerprint density at radius 2 is 2.26 bits per heavy atom. The SMILES string of the molecule is O=C(CCCC[C@@H]1SC[C@@H]2NC(=O)N[C@@H]21)NCCO. The number of thioether (sulfide) groups is 1. The summed E-state index contributed by atoms with van der Waals surface area (Å²) in [5.74, 6) is 0.979. The molecule has 0 spiro atoms. The van der Waals surface area contributed by atoms with Crippen LogP contribution in [0.25, 0.3) is 0 Å². The summed E-state index contributed by atoms with van der Waals surface area (Å²) >= 11 is 1.90. The van der Waals surface area contributed by atoms with Gasteiger partial charge in [-0.2, -0.15) is 11.8 Å². The van der Waals surface area contributed by atoms with E-state index in [1.807, 2.05) is 11.8 Å². The lowest BCUT2D eigenvalue weighted by Gasteiger charge is -2.16. The van der Waals surface area contributed by atoms with Gasteiger partial charge in [0.2, 0.25) is 5.91 Å². The molecule has 0 aromatic heterocycles. The first kappa shape index (κ1) is 14.5. The molecule has 0 saturated carbocycles. The molecule has 0 aromatic rings. The number of amides is 3. The lowest BCUT2D eigenvalue weighted by atomic mass is 10.0. The Balaban J connectivity index is 1.59. The fourth-order valence-electron chi connectivity index (χ4n) is 2.56. The smallest absolute Gasteiger partial charge is 0.315 e. The van der Waals surface area contributed by atoms with Gasteiger partial charge in [0, 0.05) is 24.0 Å². The van der Waals surface area contributed by atoms with E-state index in [-0.39, 0.29) is 30.6 Å². The van der Waals surface area contributed by atoms with E-state index in [2.05, 4.69) is 16.0 Å². The van der Waals surface area contributed by atoms with Gasteiger partial charge in [-0.05, 0) is 12.8 Å². The Kier molecular flexibility index (Phi) is 5.33. The van der Waals surface area contributed by atoms with Crippen molar-refractivity contribution in [3.63, 3.8) is 0 Å². The van der Waals surface area contributed by atoms with Gasteiger partial charge in [-0.25, -0.2) is 4.79 Å². The summed E-state index contributed by atoms with van der Waals surface area (Å²) in [4.78, 5) is 22.5. The highest BCUT2D eigenvalue weighted by Crippen LogP contribution is 2.33. The summed E-state index contributed by atoms with van der Waals surface area (Å²) < 4.78 is 0. The Hall–Kier alpha value is -0.950. The zero-order chi connectivity index (χ0) is 13.7. The van der Waals surface area contributed by atoms with Gasteiger partial charge in [0.05, 0.1) is 18.7 Å². The molecule has 2 fully saturated rings. The summed E-state index contributed by atoms with van der Waals surface area (Å²) in [7, 11) is 0. The quantitative estimate of drug-likeness (QED) is 0.386. The largest absolute Gasteiger partial charge is 0.395 e. The fraction of sp³-hybridized carbons (Fsp3) is 0.833. The van der Waals surface area contributed by atoms with Crippen molar-refractivity contribution in [2.75, 3.05) is 18.9 Å². The first-order chi connectivity index (χ1) is 9.20. The second kappa shape index (κ2) is 7.00. The van der Waals surface area contributed by atoms with Crippen LogP contribution in [0.5, 0.6) is 0 Å². The molecule has 3 atom stereocenters. The highest BCUT2D eigenvalue weighted by molar-refractivity contribution is 8.00. The number of carbonyl (C=O) groups is 2. The van der Waals surface area contributed by atoms with Gasteiger partial charge < -0.3 is 21.1 Å². The molecule has 3 amide bonds. The van der Waals surface area contributed by atoms with E-state index in [0.717, 1.165) is 25.0 Å². The van der Waals surface area contributed by atoms with Crippen LogP contribution in [0.3, 0.4) is 0 Å². The number of rotatable bonds is 7. The molecule has 2 heterocycles. The van der Waals surface area contributed by atoms with Crippen LogP contribution in [0.4, 0.5) is 4.79 Å². The molecule has 2 aliphatic rings. The summed E-state index contributed by atoms with van der Waals surface area (Å²) in [5, 5.41) is 17.6. The molecular formula is C12H21N3O3S. The molecule has 0 radical (unpaired) electrons. The summed E-state index contributed by atoms with van der Waals surface area (Å²) in [6, 6.07) is 0.472. The number of carbonyl (C=O) groups excluding carboxylic acids is 2. The molecule has 0 unspecified atom stereocenters. The molecular weight excluding hydrogens is 266 g/mol. The van der Waals surface area contributed by atoms with Crippen molar-refractivity contribution in [1.82, 2.24) is 16.0 Å². The zero-order valence-electron chi connectivity index (χ0n) is 10.9. The van der Waals surface area contributed by atoms with E-state index >= 15 is 0 Å². The van der Waals surface area contributed by atoms with Crippen LogP contribution < -0.4 is 16.0 Å². The number of aliphatic hydroxyl groups excluding tert-OH is 1. The monoisotopic (exact) mass is 287 g/mol. The van der Waals surface area contributed by atoms with Crippen LogP contribution >= 0.6 is 11.8 Å². The topological polar surface area (TPSA) is 90.5 Å². The van der Waals surface area contributed by atoms with Gasteiger partial charge in [-0.1, -0.05) is 6.42 Å². The maximum absolute atomic E-state index is 11.3. The Bertz CT molecular complexity index is 340. The number of nitrogens with one attached hydrogen (secondary N) is 3. The van der Waals surface area contributed by atoms with Crippen LogP contribution in [0.2, 0.25) is 0 Å². The minimum Gasteiger partial charge on any atom is -0.395 e. The van der Waals surface area contributed by atoms with E-state index in [0.29, 0.717) is 18.2 Å². The van der Waals surface area contributed by atoms with Gasteiger partial charge >= 0.3 is 6.03 Å².